The van der Waals surface area contributed by atoms with E-state index in [-0.39, 0.29) is 18.9 Å². The fourth-order valence-corrected chi connectivity index (χ4v) is 3.72. The highest BCUT2D eigenvalue weighted by Gasteiger charge is 2.21. The number of carboxylic acid groups (broad SMARTS) is 2. The van der Waals surface area contributed by atoms with E-state index >= 15 is 0 Å². The highest BCUT2D eigenvalue weighted by Crippen LogP contribution is 2.40. The molecule has 12 heteroatoms. The van der Waals surface area contributed by atoms with E-state index in [4.69, 9.17) is 14.6 Å². The molecule has 0 heterocycles. The van der Waals surface area contributed by atoms with Crippen molar-refractivity contribution in [2.24, 2.45) is 10.9 Å². The average Bonchev–Trinajstić information content (AvgIpc) is 2.75. The number of nitrogens with zero attached hydrogens (tertiary/aromatic N) is 1. The molecule has 0 fully saturated rings. The average molecular weight is 538 g/mol. The third-order valence-corrected chi connectivity index (χ3v) is 7.21. The number of nitrogens with one attached hydrogen (secondary N) is 2. The lowest BCUT2D eigenvalue weighted by atomic mass is 9.95. The highest BCUT2D eigenvalue weighted by atomic mass is 32.7. The molecule has 0 aliphatic heterocycles. The van der Waals surface area contributed by atoms with Gasteiger partial charge in [0.1, 0.15) is 6.04 Å². The van der Waals surface area contributed by atoms with Crippen molar-refractivity contribution in [3.8, 4) is 0 Å². The van der Waals surface area contributed by atoms with Gasteiger partial charge in [-0.25, -0.2) is 9.59 Å². The molecule has 2 atom stereocenters. The molecule has 0 bridgehead atoms. The maximum Gasteiger partial charge on any atom is 0.334 e. The van der Waals surface area contributed by atoms with E-state index in [0.717, 1.165) is 19.4 Å². The molecule has 0 saturated carbocycles. The van der Waals surface area contributed by atoms with E-state index in [1.807, 2.05) is 13.8 Å². The molecule has 0 spiro atoms. The Balaban J connectivity index is 4.03. The van der Waals surface area contributed by atoms with Gasteiger partial charge in [0.2, 0.25) is 5.91 Å². The molecule has 0 aromatic rings. The first-order chi connectivity index (χ1) is 16.4. The van der Waals surface area contributed by atoms with Crippen molar-refractivity contribution in [3.63, 3.8) is 0 Å². The third-order valence-electron chi connectivity index (χ3n) is 5.03. The summed E-state index contributed by atoms with van der Waals surface area (Å²) < 4.78 is 10.9. The fraction of sp³-hybridized carbons (Fsp3) is 0.826. The number of hydrogen-bond donors (Lipinski definition) is 5. The maximum atomic E-state index is 12.2. The first-order valence-corrected chi connectivity index (χ1v) is 14.8. The summed E-state index contributed by atoms with van der Waals surface area (Å²) in [4.78, 5) is 38.4. The van der Waals surface area contributed by atoms with E-state index < -0.39 is 30.4 Å². The fourth-order valence-electron chi connectivity index (χ4n) is 2.96. The van der Waals surface area contributed by atoms with Crippen LogP contribution in [0.15, 0.2) is 4.99 Å². The predicted octanol–water partition coefficient (Wildman–Crippen LogP) is 3.99. The first-order valence-electron chi connectivity index (χ1n) is 12.1. The van der Waals surface area contributed by atoms with Gasteiger partial charge in [-0.2, -0.15) is 0 Å². The van der Waals surface area contributed by atoms with Gasteiger partial charge in [0.05, 0.1) is 33.3 Å². The Bertz CT molecular complexity index is 651. The van der Waals surface area contributed by atoms with Crippen molar-refractivity contribution in [2.75, 3.05) is 39.1 Å². The van der Waals surface area contributed by atoms with Crippen molar-refractivity contribution in [3.05, 3.63) is 0 Å². The molecular formula is C23H44N3O7PS. The van der Waals surface area contributed by atoms with Crippen molar-refractivity contribution < 1.29 is 34.1 Å². The number of carbonyl (C=O) groups excluding carboxylic acids is 1. The zero-order valence-electron chi connectivity index (χ0n) is 21.5. The van der Waals surface area contributed by atoms with Crippen LogP contribution in [0.5, 0.6) is 0 Å². The summed E-state index contributed by atoms with van der Waals surface area (Å²) >= 11 is 3.98. The second kappa shape index (κ2) is 19.7. The van der Waals surface area contributed by atoms with Crippen LogP contribution in [-0.4, -0.2) is 84.9 Å². The van der Waals surface area contributed by atoms with Gasteiger partial charge in [-0.1, -0.05) is 26.7 Å². The van der Waals surface area contributed by atoms with E-state index in [1.54, 1.807) is 0 Å². The molecule has 0 saturated heterocycles. The van der Waals surface area contributed by atoms with Gasteiger partial charge >= 0.3 is 11.7 Å². The number of hydrogen-bond acceptors (Lipinski definition) is 7. The normalized spacial score (nSPS) is 13.7. The summed E-state index contributed by atoms with van der Waals surface area (Å²) in [5.74, 6) is -0.441. The Hall–Kier alpha value is -1.42. The van der Waals surface area contributed by atoms with E-state index in [1.165, 1.54) is 6.34 Å². The van der Waals surface area contributed by atoms with Crippen LogP contribution in [-0.2, 0) is 19.1 Å². The second-order valence-corrected chi connectivity index (χ2v) is 12.4. The van der Waals surface area contributed by atoms with Crippen LogP contribution in [0, 0.1) is 5.92 Å². The van der Waals surface area contributed by atoms with E-state index in [0.29, 0.717) is 51.2 Å². The van der Waals surface area contributed by atoms with Gasteiger partial charge in [0.25, 0.3) is 0 Å². The molecule has 35 heavy (non-hydrogen) atoms. The molecule has 1 amide bonds. The van der Waals surface area contributed by atoms with Gasteiger partial charge in [-0.15, -0.1) is 12.2 Å². The summed E-state index contributed by atoms with van der Waals surface area (Å²) in [7, 11) is -1.41. The van der Waals surface area contributed by atoms with Gasteiger partial charge in [-0.05, 0) is 39.0 Å². The molecule has 0 aliphatic rings. The summed E-state index contributed by atoms with van der Waals surface area (Å²) in [6, 6.07) is -0.778. The summed E-state index contributed by atoms with van der Waals surface area (Å²) in [6.45, 7) is 10.5. The topological polar surface area (TPSA) is 147 Å². The molecule has 0 aromatic heterocycles. The number of amides is 1. The van der Waals surface area contributed by atoms with Crippen LogP contribution in [0.1, 0.15) is 66.2 Å². The maximum absolute atomic E-state index is 12.2. The molecule has 4 N–H and O–H groups in total. The Morgan fingerprint density at radius 1 is 1.06 bits per heavy atom. The number of ether oxygens (including phenoxy) is 2. The first kappa shape index (κ1) is 33.6. The molecule has 0 rings (SSSR count). The zero-order valence-corrected chi connectivity index (χ0v) is 23.3. The Labute approximate surface area is 215 Å². The number of aliphatic carboxylic acids is 1. The summed E-state index contributed by atoms with van der Waals surface area (Å²) in [5, 5.41) is 23.9. The molecule has 10 nitrogen and oxygen atoms in total. The zero-order chi connectivity index (χ0) is 26.7. The molecule has 0 aromatic carbocycles. The SMILES string of the molecule is CC(C)CCOCCOCCC(=O)NC(C)(C)CCCCC(N/C=N\CCP(S)C(=O)O)C(=O)O. The molecular weight excluding hydrogens is 493 g/mol. The number of carbonyl (C=O) groups is 3. The monoisotopic (exact) mass is 537 g/mol. The largest absolute Gasteiger partial charge is 0.480 e. The lowest BCUT2D eigenvalue weighted by Crippen LogP contribution is -2.43. The van der Waals surface area contributed by atoms with Crippen molar-refractivity contribution in [2.45, 2.75) is 77.8 Å². The van der Waals surface area contributed by atoms with Crippen molar-refractivity contribution in [1.29, 1.82) is 0 Å². The predicted molar refractivity (Wildman–Crippen MR) is 143 cm³/mol. The number of rotatable bonds is 22. The quantitative estimate of drug-likeness (QED) is 0.0458. The van der Waals surface area contributed by atoms with Crippen molar-refractivity contribution in [1.82, 2.24) is 10.6 Å². The number of carboxylic acids is 1. The minimum absolute atomic E-state index is 0.0789. The van der Waals surface area contributed by atoms with Gasteiger partial charge < -0.3 is 30.3 Å². The third kappa shape index (κ3) is 20.5. The van der Waals surface area contributed by atoms with Crippen LogP contribution in [0.4, 0.5) is 4.79 Å². The van der Waals surface area contributed by atoms with Crippen LogP contribution >= 0.6 is 19.4 Å². The Kier molecular flexibility index (Phi) is 18.9. The van der Waals surface area contributed by atoms with Crippen LogP contribution < -0.4 is 10.6 Å². The van der Waals surface area contributed by atoms with E-state index in [2.05, 4.69) is 41.7 Å². The van der Waals surface area contributed by atoms with Gasteiger partial charge in [0, 0.05) is 31.3 Å². The van der Waals surface area contributed by atoms with Crippen LogP contribution in [0.2, 0.25) is 0 Å². The molecule has 0 radical (unpaired) electrons. The Morgan fingerprint density at radius 2 is 1.71 bits per heavy atom. The van der Waals surface area contributed by atoms with Crippen molar-refractivity contribution >= 4 is 43.3 Å². The van der Waals surface area contributed by atoms with Crippen LogP contribution in [0.3, 0.4) is 0 Å². The van der Waals surface area contributed by atoms with E-state index in [9.17, 15) is 19.5 Å². The second-order valence-electron chi connectivity index (χ2n) is 9.33. The summed E-state index contributed by atoms with van der Waals surface area (Å²) in [6.07, 6.45) is 5.48. The minimum atomic E-state index is -1.41. The molecule has 0 aliphatic carbocycles. The molecule has 204 valence electrons. The number of aliphatic imine (C=N–C) groups is 1. The summed E-state index contributed by atoms with van der Waals surface area (Å²) in [5.41, 5.74) is -1.35. The smallest absolute Gasteiger partial charge is 0.334 e. The standard InChI is InChI=1S/C23H44N3O7PS/c1-18(2)8-12-32-14-15-33-13-9-20(27)26-23(3,4)10-6-5-7-19(21(28)29)25-17-24-11-16-34(35)22(30)31/h17-19,35H,5-16H2,1-4H3,(H,24,25)(H,26,27)(H,28,29)(H,30,31). The Morgan fingerprint density at radius 3 is 2.31 bits per heavy atom. The number of unbranched alkanes of at least 4 members (excludes halogenated alkanes) is 1. The number of thiol groups is 1. The minimum Gasteiger partial charge on any atom is -0.480 e. The highest BCUT2D eigenvalue weighted by molar-refractivity contribution is 8.50. The lowest BCUT2D eigenvalue weighted by Gasteiger charge is -2.26. The van der Waals surface area contributed by atoms with Gasteiger partial charge in [-0.3, -0.25) is 9.79 Å². The lowest BCUT2D eigenvalue weighted by molar-refractivity contribution is -0.139. The van der Waals surface area contributed by atoms with Gasteiger partial charge in [0.15, 0.2) is 0 Å². The van der Waals surface area contributed by atoms with Crippen LogP contribution in [0.25, 0.3) is 0 Å². The molecule has 2 unspecified atom stereocenters.